The second-order valence-corrected chi connectivity index (χ2v) is 20.6. The van der Waals surface area contributed by atoms with Gasteiger partial charge in [0, 0.05) is 63.2 Å². The number of nitrogens with one attached hydrogen (secondary N) is 4. The summed E-state index contributed by atoms with van der Waals surface area (Å²) in [5, 5.41) is 10.5. The number of fused-ring (bicyclic) bond motifs is 1. The molecule has 23 heteroatoms. The van der Waals surface area contributed by atoms with Gasteiger partial charge in [-0.2, -0.15) is 0 Å². The first-order chi connectivity index (χ1) is 39.5. The van der Waals surface area contributed by atoms with Crippen molar-refractivity contribution < 1.29 is 81.1 Å². The van der Waals surface area contributed by atoms with Gasteiger partial charge in [0.1, 0.15) is 23.9 Å². The average Bonchev–Trinajstić information content (AvgIpc) is 3.97. The highest BCUT2D eigenvalue weighted by molar-refractivity contribution is 6.38. The Labute approximate surface area is 477 Å². The number of carbonyl (C=O) groups excluding carboxylic acids is 10. The number of rotatable bonds is 33. The van der Waals surface area contributed by atoms with E-state index >= 15 is 0 Å². The molecule has 0 aliphatic carbocycles. The lowest BCUT2D eigenvalue weighted by atomic mass is 9.84. The van der Waals surface area contributed by atoms with Gasteiger partial charge in [0.2, 0.25) is 29.4 Å². The largest absolute Gasteiger partial charge is 0.493 e. The van der Waals surface area contributed by atoms with Crippen LogP contribution in [0.2, 0.25) is 0 Å². The maximum atomic E-state index is 14.1. The first-order valence-electron chi connectivity index (χ1n) is 27.9. The van der Waals surface area contributed by atoms with Gasteiger partial charge in [0.15, 0.2) is 18.1 Å². The van der Waals surface area contributed by atoms with Crippen LogP contribution >= 0.6 is 0 Å². The maximum absolute atomic E-state index is 14.1. The number of ether oxygens (including phenoxy) is 7. The zero-order chi connectivity index (χ0) is 59.2. The molecule has 0 aromatic heterocycles. The molecule has 3 aliphatic rings. The Morgan fingerprint density at radius 3 is 2.09 bits per heavy atom. The highest BCUT2D eigenvalue weighted by Crippen LogP contribution is 2.35. The van der Waals surface area contributed by atoms with Gasteiger partial charge < -0.3 is 54.0 Å². The van der Waals surface area contributed by atoms with E-state index in [1.54, 1.807) is 58.4 Å². The number of piperidine rings is 2. The normalized spacial score (nSPS) is 16.4. The summed E-state index contributed by atoms with van der Waals surface area (Å²) in [5.74, 6) is -4.45. The molecule has 3 heterocycles. The van der Waals surface area contributed by atoms with E-state index in [-0.39, 0.29) is 60.9 Å². The van der Waals surface area contributed by atoms with Crippen LogP contribution in [-0.2, 0) is 63.7 Å². The first kappa shape index (κ1) is 63.4. The van der Waals surface area contributed by atoms with E-state index in [1.807, 2.05) is 19.1 Å². The third kappa shape index (κ3) is 17.9. The summed E-state index contributed by atoms with van der Waals surface area (Å²) in [4.78, 5) is 131. The van der Waals surface area contributed by atoms with E-state index in [1.165, 1.54) is 23.1 Å². The van der Waals surface area contributed by atoms with E-state index < -0.39 is 77.4 Å². The lowest BCUT2D eigenvalue weighted by molar-refractivity contribution is -0.164. The molecule has 6 rings (SSSR count). The van der Waals surface area contributed by atoms with E-state index in [4.69, 9.17) is 33.2 Å². The minimum atomic E-state index is -1.12. The number of imide groups is 2. The number of nitrogens with zero attached hydrogens (tertiary/aromatic N) is 2. The molecule has 3 aliphatic heterocycles. The van der Waals surface area contributed by atoms with E-state index in [0.29, 0.717) is 127 Å². The van der Waals surface area contributed by atoms with Crippen molar-refractivity contribution in [1.82, 2.24) is 25.8 Å². The van der Waals surface area contributed by atoms with Gasteiger partial charge in [-0.25, -0.2) is 4.79 Å². The predicted molar refractivity (Wildman–Crippen MR) is 296 cm³/mol. The highest BCUT2D eigenvalue weighted by atomic mass is 16.6. The molecule has 4 N–H and O–H groups in total. The van der Waals surface area contributed by atoms with Crippen LogP contribution in [0.5, 0.6) is 17.2 Å². The summed E-state index contributed by atoms with van der Waals surface area (Å²) >= 11 is 0. The van der Waals surface area contributed by atoms with Crippen LogP contribution in [-0.4, -0.2) is 161 Å². The number of likely N-dealkylation sites (tertiary alicyclic amines) is 1. The molecule has 0 bridgehead atoms. The molecular weight excluding hydrogens is 1060 g/mol. The molecule has 444 valence electrons. The number of hydrogen-bond acceptors (Lipinski definition) is 17. The number of methoxy groups -OCH3 is 2. The number of esters is 1. The van der Waals surface area contributed by atoms with Gasteiger partial charge in [0.25, 0.3) is 23.6 Å². The van der Waals surface area contributed by atoms with Crippen molar-refractivity contribution in [1.29, 1.82) is 0 Å². The van der Waals surface area contributed by atoms with Crippen molar-refractivity contribution in [2.45, 2.75) is 116 Å². The minimum absolute atomic E-state index is 0.00750. The van der Waals surface area contributed by atoms with Crippen LogP contribution in [0.15, 0.2) is 60.7 Å². The van der Waals surface area contributed by atoms with Crippen molar-refractivity contribution >= 4 is 64.7 Å². The maximum Gasteiger partial charge on any atom is 0.329 e. The fourth-order valence-corrected chi connectivity index (χ4v) is 9.35. The number of benzene rings is 3. The molecule has 2 saturated heterocycles. The summed E-state index contributed by atoms with van der Waals surface area (Å²) in [6.07, 6.45) is 3.10. The molecule has 0 saturated carbocycles. The quantitative estimate of drug-likeness (QED) is 0.0281. The number of aryl methyl sites for hydroxylation is 1. The Morgan fingerprint density at radius 1 is 0.732 bits per heavy atom. The number of ketones is 1. The van der Waals surface area contributed by atoms with Gasteiger partial charge in [-0.3, -0.25) is 53.4 Å². The third-order valence-electron chi connectivity index (χ3n) is 14.4. The Hall–Kier alpha value is -7.76. The van der Waals surface area contributed by atoms with Gasteiger partial charge in [-0.15, -0.1) is 0 Å². The van der Waals surface area contributed by atoms with Crippen LogP contribution < -0.4 is 35.5 Å². The Morgan fingerprint density at radius 2 is 1.40 bits per heavy atom. The fourth-order valence-electron chi connectivity index (χ4n) is 9.35. The zero-order valence-corrected chi connectivity index (χ0v) is 47.4. The first-order valence-corrected chi connectivity index (χ1v) is 27.9. The van der Waals surface area contributed by atoms with Gasteiger partial charge in [0.05, 0.1) is 51.8 Å². The molecule has 3 atom stereocenters. The van der Waals surface area contributed by atoms with Crippen molar-refractivity contribution in [3.8, 4) is 17.2 Å². The summed E-state index contributed by atoms with van der Waals surface area (Å²) in [6.45, 7) is 7.81. The molecule has 8 amide bonds. The summed E-state index contributed by atoms with van der Waals surface area (Å²) in [7, 11) is 3.09. The van der Waals surface area contributed by atoms with Crippen LogP contribution in [0.3, 0.4) is 0 Å². The molecular formula is C59H76N6O17. The van der Waals surface area contributed by atoms with Crippen molar-refractivity contribution in [2.24, 2.45) is 5.41 Å². The third-order valence-corrected chi connectivity index (χ3v) is 14.4. The highest BCUT2D eigenvalue weighted by Gasteiger charge is 2.46. The molecule has 3 aromatic carbocycles. The summed E-state index contributed by atoms with van der Waals surface area (Å²) in [5.41, 5.74) is 1.06. The number of Topliss-reactive ketones (excluding diaryl/α,β-unsaturated/α-hetero) is 1. The van der Waals surface area contributed by atoms with Crippen LogP contribution in [0.1, 0.15) is 129 Å². The van der Waals surface area contributed by atoms with Crippen LogP contribution in [0.25, 0.3) is 0 Å². The Balaban J connectivity index is 0.824. The SMILES string of the molecule is CCC(C)(C)C(=O)C(=O)N1CCCCC1C(=O)O[C@H](CCc1ccc(OC)c(OC)c1)c1cccc(NC(=O)CCC(=O)NCCCOCCOCCOCCCNC(=O)COc2cccc3c2C(=O)N(C2CCC(=O)NC2=O)C3=O)c1. The van der Waals surface area contributed by atoms with E-state index in [0.717, 1.165) is 10.5 Å². The second kappa shape index (κ2) is 31.5. The van der Waals surface area contributed by atoms with Crippen LogP contribution in [0, 0.1) is 5.41 Å². The summed E-state index contributed by atoms with van der Waals surface area (Å²) in [6, 6.07) is 14.8. The fraction of sp³-hybridized carbons (Fsp3) is 0.525. The van der Waals surface area contributed by atoms with E-state index in [9.17, 15) is 47.9 Å². The predicted octanol–water partition coefficient (Wildman–Crippen LogP) is 4.57. The van der Waals surface area contributed by atoms with Gasteiger partial charge in [-0.1, -0.05) is 45.0 Å². The smallest absolute Gasteiger partial charge is 0.329 e. The number of carbonyl (C=O) groups is 10. The Kier molecular flexibility index (Phi) is 24.3. The van der Waals surface area contributed by atoms with Crippen molar-refractivity contribution in [3.63, 3.8) is 0 Å². The van der Waals surface area contributed by atoms with Crippen LogP contribution in [0.4, 0.5) is 5.69 Å². The molecule has 2 unspecified atom stereocenters. The molecule has 0 spiro atoms. The molecule has 3 aromatic rings. The summed E-state index contributed by atoms with van der Waals surface area (Å²) < 4.78 is 39.4. The molecule has 0 radical (unpaired) electrons. The standard InChI is InChI=1S/C59H76N6O17/c1-6-59(2,3)53(70)57(74)64-28-8-7-16-43(64)58(75)82-44(21-18-38-19-22-45(76-4)47(35-38)77-5)39-13-9-14-40(36-39)62-49(67)25-24-48(66)60-26-11-29-78-31-33-80-34-32-79-30-12-27-61-51(69)37-81-46-17-10-15-41-52(46)56(73)65(55(41)72)42-20-23-50(68)63-54(42)71/h9-10,13-15,17,19,22,35-36,42-44H,6-8,11-12,16,18,20-21,23-34,37H2,1-5H3,(H,60,66)(H,61,69)(H,62,67)(H,63,68,71)/t42?,43?,44-/m1/s1. The number of hydrogen-bond donors (Lipinski definition) is 4. The second-order valence-electron chi connectivity index (χ2n) is 20.6. The van der Waals surface area contributed by atoms with Crippen molar-refractivity contribution in [3.05, 3.63) is 82.9 Å². The lowest BCUT2D eigenvalue weighted by Crippen LogP contribution is -2.54. The zero-order valence-electron chi connectivity index (χ0n) is 47.4. The molecule has 2 fully saturated rings. The minimum Gasteiger partial charge on any atom is -0.493 e. The lowest BCUT2D eigenvalue weighted by Gasteiger charge is -2.36. The van der Waals surface area contributed by atoms with Gasteiger partial charge in [-0.05, 0) is 105 Å². The van der Waals surface area contributed by atoms with Crippen molar-refractivity contribution in [2.75, 3.05) is 85.4 Å². The monoisotopic (exact) mass is 1140 g/mol. The topological polar surface area (TPSA) is 290 Å². The molecule has 23 nitrogen and oxygen atoms in total. The number of anilines is 1. The average molecular weight is 1140 g/mol. The van der Waals surface area contributed by atoms with E-state index in [2.05, 4.69) is 21.3 Å². The Bertz CT molecular complexity index is 2780. The van der Waals surface area contributed by atoms with Gasteiger partial charge >= 0.3 is 5.97 Å². The number of amides is 8. The molecule has 82 heavy (non-hydrogen) atoms.